The maximum Gasteiger partial charge on any atom is 0.174 e. The number of ketones is 1. The molecule has 4 nitrogen and oxygen atoms in total. The van der Waals surface area contributed by atoms with Gasteiger partial charge >= 0.3 is 0 Å². The van der Waals surface area contributed by atoms with Crippen LogP contribution in [0.25, 0.3) is 0 Å². The molecule has 1 aromatic rings. The fraction of sp³-hybridized carbons (Fsp3) is 0.600. The minimum atomic E-state index is 0.0142. The summed E-state index contributed by atoms with van der Waals surface area (Å²) in [5.41, 5.74) is 7.20. The van der Waals surface area contributed by atoms with Gasteiger partial charge in [0.15, 0.2) is 5.78 Å². The van der Waals surface area contributed by atoms with Gasteiger partial charge in [0, 0.05) is 13.0 Å². The Morgan fingerprint density at radius 1 is 1.55 bits per heavy atom. The normalized spacial score (nSPS) is 19.4. The van der Waals surface area contributed by atoms with E-state index in [9.17, 15) is 10.1 Å². The van der Waals surface area contributed by atoms with E-state index in [-0.39, 0.29) is 5.78 Å². The van der Waals surface area contributed by atoms with Crippen molar-refractivity contribution in [1.29, 1.82) is 5.26 Å². The molecule has 20 heavy (non-hydrogen) atoms. The van der Waals surface area contributed by atoms with Crippen LogP contribution in [0.1, 0.15) is 54.3 Å². The van der Waals surface area contributed by atoms with Crippen molar-refractivity contribution in [3.05, 3.63) is 10.4 Å². The standard InChI is InChI=1S/C15H19N3OS/c1-2-11(19)13-12(17)10(7-16)14(20-13)18-8-15(5-6-15)9-3-4-9/h9,18H,2-6,8,17H2,1H3. The second-order valence-electron chi connectivity index (χ2n) is 5.93. The van der Waals surface area contributed by atoms with Crippen LogP contribution in [0.2, 0.25) is 0 Å². The Bertz CT molecular complexity index is 591. The van der Waals surface area contributed by atoms with Crippen molar-refractivity contribution in [2.75, 3.05) is 17.6 Å². The van der Waals surface area contributed by atoms with Gasteiger partial charge in [-0.1, -0.05) is 6.92 Å². The van der Waals surface area contributed by atoms with Crippen molar-refractivity contribution < 1.29 is 4.79 Å². The van der Waals surface area contributed by atoms with E-state index < -0.39 is 0 Å². The number of hydrogen-bond acceptors (Lipinski definition) is 5. The fourth-order valence-electron chi connectivity index (χ4n) is 2.89. The van der Waals surface area contributed by atoms with Crippen LogP contribution in [-0.2, 0) is 0 Å². The van der Waals surface area contributed by atoms with Crippen LogP contribution >= 0.6 is 11.3 Å². The molecular formula is C15H19N3OS. The Labute approximate surface area is 123 Å². The number of hydrogen-bond donors (Lipinski definition) is 2. The van der Waals surface area contributed by atoms with Gasteiger partial charge in [0.2, 0.25) is 0 Å². The van der Waals surface area contributed by atoms with Gasteiger partial charge in [-0.3, -0.25) is 4.79 Å². The molecule has 3 N–H and O–H groups in total. The first-order valence-electron chi connectivity index (χ1n) is 7.20. The molecule has 0 radical (unpaired) electrons. The predicted octanol–water partition coefficient (Wildman–Crippen LogP) is 3.40. The highest BCUT2D eigenvalue weighted by atomic mass is 32.1. The van der Waals surface area contributed by atoms with E-state index in [1.807, 2.05) is 6.92 Å². The Balaban J connectivity index is 1.78. The largest absolute Gasteiger partial charge is 0.396 e. The summed E-state index contributed by atoms with van der Waals surface area (Å²) in [6.07, 6.45) is 5.68. The smallest absolute Gasteiger partial charge is 0.174 e. The van der Waals surface area contributed by atoms with Gasteiger partial charge in [-0.2, -0.15) is 5.26 Å². The summed E-state index contributed by atoms with van der Waals surface area (Å²) in [6.45, 7) is 2.72. The van der Waals surface area contributed by atoms with Crippen molar-refractivity contribution in [1.82, 2.24) is 0 Å². The summed E-state index contributed by atoms with van der Waals surface area (Å²) in [7, 11) is 0. The van der Waals surface area contributed by atoms with Gasteiger partial charge in [0.05, 0.1) is 10.6 Å². The van der Waals surface area contributed by atoms with Crippen molar-refractivity contribution in [2.24, 2.45) is 11.3 Å². The molecule has 2 aliphatic carbocycles. The number of thiophene rings is 1. The first-order valence-corrected chi connectivity index (χ1v) is 8.02. The highest BCUT2D eigenvalue weighted by Gasteiger charge is 2.53. The van der Waals surface area contributed by atoms with Crippen LogP contribution in [-0.4, -0.2) is 12.3 Å². The zero-order valence-electron chi connectivity index (χ0n) is 11.7. The molecule has 0 spiro atoms. The van der Waals surface area contributed by atoms with Crippen molar-refractivity contribution in [2.45, 2.75) is 39.0 Å². The predicted molar refractivity (Wildman–Crippen MR) is 80.9 cm³/mol. The molecule has 0 amide bonds. The number of nitriles is 1. The lowest BCUT2D eigenvalue weighted by Gasteiger charge is -2.15. The summed E-state index contributed by atoms with van der Waals surface area (Å²) in [4.78, 5) is 12.4. The number of carbonyl (C=O) groups is 1. The Kier molecular flexibility index (Phi) is 3.21. The molecule has 0 unspecified atom stereocenters. The van der Waals surface area contributed by atoms with Gasteiger partial charge in [-0.15, -0.1) is 11.3 Å². The maximum atomic E-state index is 11.8. The average molecular weight is 289 g/mol. The van der Waals surface area contributed by atoms with Gasteiger partial charge < -0.3 is 11.1 Å². The summed E-state index contributed by atoms with van der Waals surface area (Å²) >= 11 is 1.34. The molecule has 1 aromatic heterocycles. The number of carbonyl (C=O) groups excluding carboxylic acids is 1. The topological polar surface area (TPSA) is 78.9 Å². The molecule has 0 aliphatic heterocycles. The fourth-order valence-corrected chi connectivity index (χ4v) is 3.97. The highest BCUT2D eigenvalue weighted by Crippen LogP contribution is 2.61. The molecule has 2 fully saturated rings. The van der Waals surface area contributed by atoms with E-state index in [0.29, 0.717) is 28.0 Å². The lowest BCUT2D eigenvalue weighted by molar-refractivity contribution is 0.0993. The lowest BCUT2D eigenvalue weighted by Crippen LogP contribution is -2.17. The Hall–Kier alpha value is -1.54. The molecule has 0 bridgehead atoms. The number of rotatable bonds is 6. The minimum Gasteiger partial charge on any atom is -0.396 e. The van der Waals surface area contributed by atoms with Crippen LogP contribution in [0.5, 0.6) is 0 Å². The van der Waals surface area contributed by atoms with E-state index >= 15 is 0 Å². The van der Waals surface area contributed by atoms with Crippen molar-refractivity contribution in [3.8, 4) is 6.07 Å². The first kappa shape index (κ1) is 13.4. The Morgan fingerprint density at radius 3 is 2.75 bits per heavy atom. The quantitative estimate of drug-likeness (QED) is 0.787. The maximum absolute atomic E-state index is 11.8. The number of anilines is 2. The highest BCUT2D eigenvalue weighted by molar-refractivity contribution is 7.19. The summed E-state index contributed by atoms with van der Waals surface area (Å²) in [5.74, 6) is 0.884. The molecule has 5 heteroatoms. The van der Waals surface area contributed by atoms with Gasteiger partial charge in [-0.05, 0) is 37.0 Å². The van der Waals surface area contributed by atoms with Crippen LogP contribution < -0.4 is 11.1 Å². The Morgan fingerprint density at radius 2 is 2.25 bits per heavy atom. The second-order valence-corrected chi connectivity index (χ2v) is 6.95. The molecule has 3 rings (SSSR count). The van der Waals surface area contributed by atoms with E-state index in [4.69, 9.17) is 5.73 Å². The third-order valence-electron chi connectivity index (χ3n) is 4.57. The molecule has 0 saturated heterocycles. The summed E-state index contributed by atoms with van der Waals surface area (Å²) in [5, 5.41) is 13.4. The number of nitrogens with zero attached hydrogens (tertiary/aromatic N) is 1. The summed E-state index contributed by atoms with van der Waals surface area (Å²) < 4.78 is 0. The first-order chi connectivity index (χ1) is 9.61. The molecule has 0 atom stereocenters. The van der Waals surface area contributed by atoms with E-state index in [2.05, 4.69) is 11.4 Å². The molecule has 0 aromatic carbocycles. The molecular weight excluding hydrogens is 270 g/mol. The molecule has 2 aliphatic rings. The SMILES string of the molecule is CCC(=O)c1sc(NCC2(C3CC3)CC2)c(C#N)c1N. The lowest BCUT2D eigenvalue weighted by atomic mass is 10.0. The number of nitrogen functional groups attached to an aromatic ring is 1. The van der Waals surface area contributed by atoms with Crippen LogP contribution in [0.4, 0.5) is 10.7 Å². The van der Waals surface area contributed by atoms with Gasteiger partial charge in [-0.25, -0.2) is 0 Å². The van der Waals surface area contributed by atoms with Gasteiger partial charge in [0.25, 0.3) is 0 Å². The molecule has 1 heterocycles. The van der Waals surface area contributed by atoms with Crippen LogP contribution in [0.15, 0.2) is 0 Å². The zero-order chi connectivity index (χ0) is 14.3. The van der Waals surface area contributed by atoms with E-state index in [1.54, 1.807) is 0 Å². The monoisotopic (exact) mass is 289 g/mol. The van der Waals surface area contributed by atoms with Crippen LogP contribution in [0, 0.1) is 22.7 Å². The van der Waals surface area contributed by atoms with Crippen LogP contribution in [0.3, 0.4) is 0 Å². The van der Waals surface area contributed by atoms with Gasteiger partial charge in [0.1, 0.15) is 16.6 Å². The van der Waals surface area contributed by atoms with Crippen molar-refractivity contribution >= 4 is 27.8 Å². The number of nitrogens with two attached hydrogens (primary N) is 1. The van der Waals surface area contributed by atoms with Crippen molar-refractivity contribution in [3.63, 3.8) is 0 Å². The zero-order valence-corrected chi connectivity index (χ0v) is 12.5. The number of Topliss-reactive ketones (excluding diaryl/α,β-unsaturated/α-hetero) is 1. The molecule has 2 saturated carbocycles. The molecule has 106 valence electrons. The van der Waals surface area contributed by atoms with E-state index in [0.717, 1.165) is 17.5 Å². The second kappa shape index (κ2) is 4.78. The third kappa shape index (κ3) is 2.18. The summed E-state index contributed by atoms with van der Waals surface area (Å²) in [6, 6.07) is 2.14. The number of nitrogens with one attached hydrogen (secondary N) is 1. The van der Waals surface area contributed by atoms with E-state index in [1.165, 1.54) is 37.0 Å². The third-order valence-corrected chi connectivity index (χ3v) is 5.77. The average Bonchev–Trinajstić information content (AvgIpc) is 3.33. The minimum absolute atomic E-state index is 0.0142.